The van der Waals surface area contributed by atoms with Crippen LogP contribution >= 0.6 is 11.6 Å². The van der Waals surface area contributed by atoms with Crippen LogP contribution in [0, 0.1) is 5.92 Å². The third kappa shape index (κ3) is 5.13. The number of hydrogen-bond donors (Lipinski definition) is 3. The van der Waals surface area contributed by atoms with E-state index in [0.717, 1.165) is 35.0 Å². The smallest absolute Gasteiger partial charge is 0.410 e. The molecule has 2 heterocycles. The molecule has 2 atom stereocenters. The maximum absolute atomic E-state index is 13.3. The van der Waals surface area contributed by atoms with Gasteiger partial charge in [-0.3, -0.25) is 4.90 Å². The molecule has 0 bridgehead atoms. The Balaban J connectivity index is 1.44. The predicted molar refractivity (Wildman–Crippen MR) is 134 cm³/mol. The quantitative estimate of drug-likeness (QED) is 0.434. The monoisotopic (exact) mass is 498 g/mol. The van der Waals surface area contributed by atoms with Gasteiger partial charge in [0.05, 0.1) is 13.2 Å². The van der Waals surface area contributed by atoms with Crippen LogP contribution in [0.15, 0.2) is 42.5 Å². The lowest BCUT2D eigenvalue weighted by molar-refractivity contribution is 0.0536. The van der Waals surface area contributed by atoms with Crippen molar-refractivity contribution in [1.29, 1.82) is 0 Å². The molecule has 2 aromatic carbocycles. The zero-order valence-corrected chi connectivity index (χ0v) is 20.3. The van der Waals surface area contributed by atoms with E-state index in [1.807, 2.05) is 42.5 Å². The van der Waals surface area contributed by atoms with E-state index >= 15 is 0 Å². The van der Waals surface area contributed by atoms with Crippen molar-refractivity contribution in [2.45, 2.75) is 44.2 Å². The minimum atomic E-state index is -0.932. The van der Waals surface area contributed by atoms with Gasteiger partial charge in [-0.05, 0) is 66.6 Å². The number of benzene rings is 2. The Morgan fingerprint density at radius 2 is 1.94 bits per heavy atom. The minimum Gasteiger partial charge on any atom is -0.491 e. The van der Waals surface area contributed by atoms with Crippen LogP contribution in [-0.4, -0.2) is 58.7 Å². The standard InChI is InChI=1S/C27H31ClN2O5/c28-19-7-10-24-23(13-19)22-11-12-30(27(33)35-15-17-3-1-2-4-17)26(25(22)29-24)18-5-8-21(9-6-18)34-16-20(32)14-31/h5-10,13,17,20,26,29,31-32H,1-4,11-12,14-16H2/t20-,26+/m1/s1. The maximum Gasteiger partial charge on any atom is 0.410 e. The summed E-state index contributed by atoms with van der Waals surface area (Å²) in [6.07, 6.45) is 4.14. The van der Waals surface area contributed by atoms with E-state index in [1.54, 1.807) is 4.90 Å². The second-order valence-corrected chi connectivity index (χ2v) is 9.93. The molecule has 1 amide bonds. The molecule has 186 valence electrons. The van der Waals surface area contributed by atoms with Crippen LogP contribution in [0.2, 0.25) is 5.02 Å². The number of carbonyl (C=O) groups is 1. The SMILES string of the molecule is O=C(OCC1CCCC1)N1CCc2c([nH]c3ccc(Cl)cc23)[C@@H]1c1ccc(OC[C@H](O)CO)cc1. The van der Waals surface area contributed by atoms with Crippen molar-refractivity contribution >= 4 is 28.6 Å². The molecule has 1 saturated carbocycles. The average molecular weight is 499 g/mol. The Kier molecular flexibility index (Phi) is 7.18. The average Bonchev–Trinajstić information content (AvgIpc) is 3.53. The van der Waals surface area contributed by atoms with Crippen LogP contribution in [0.1, 0.15) is 48.5 Å². The number of halogens is 1. The van der Waals surface area contributed by atoms with E-state index < -0.39 is 6.10 Å². The summed E-state index contributed by atoms with van der Waals surface area (Å²) in [6, 6.07) is 13.0. The van der Waals surface area contributed by atoms with Crippen LogP contribution in [-0.2, 0) is 11.2 Å². The predicted octanol–water partition coefficient (Wildman–Crippen LogP) is 4.83. The summed E-state index contributed by atoms with van der Waals surface area (Å²) in [5.41, 5.74) is 4.05. The van der Waals surface area contributed by atoms with E-state index in [9.17, 15) is 9.90 Å². The molecule has 2 aliphatic rings. The van der Waals surface area contributed by atoms with Gasteiger partial charge in [0.15, 0.2) is 0 Å². The summed E-state index contributed by atoms with van der Waals surface area (Å²) < 4.78 is 11.4. The van der Waals surface area contributed by atoms with Crippen LogP contribution in [0.4, 0.5) is 4.79 Å². The van der Waals surface area contributed by atoms with Gasteiger partial charge in [0.1, 0.15) is 24.5 Å². The molecule has 1 aromatic heterocycles. The van der Waals surface area contributed by atoms with Gasteiger partial charge in [0.2, 0.25) is 0 Å². The number of rotatable bonds is 7. The maximum atomic E-state index is 13.3. The molecular formula is C27H31ClN2O5. The number of H-pyrrole nitrogens is 1. The fourth-order valence-electron chi connectivity index (χ4n) is 5.24. The number of nitrogens with zero attached hydrogens (tertiary/aromatic N) is 1. The van der Waals surface area contributed by atoms with Crippen LogP contribution in [0.3, 0.4) is 0 Å². The van der Waals surface area contributed by atoms with E-state index in [4.69, 9.17) is 26.2 Å². The highest BCUT2D eigenvalue weighted by atomic mass is 35.5. The van der Waals surface area contributed by atoms with Gasteiger partial charge in [0.25, 0.3) is 0 Å². The number of nitrogens with one attached hydrogen (secondary N) is 1. The molecule has 3 aromatic rings. The molecule has 1 aliphatic heterocycles. The first-order valence-electron chi connectivity index (χ1n) is 12.3. The second-order valence-electron chi connectivity index (χ2n) is 9.50. The Hall–Kier alpha value is -2.74. The minimum absolute atomic E-state index is 0.00577. The highest BCUT2D eigenvalue weighted by Crippen LogP contribution is 2.40. The van der Waals surface area contributed by atoms with Gasteiger partial charge in [-0.1, -0.05) is 36.6 Å². The number of fused-ring (bicyclic) bond motifs is 3. The van der Waals surface area contributed by atoms with E-state index in [0.29, 0.717) is 36.3 Å². The lowest BCUT2D eigenvalue weighted by Gasteiger charge is -2.35. The molecule has 8 heteroatoms. The van der Waals surface area contributed by atoms with Crippen molar-refractivity contribution in [3.05, 3.63) is 64.3 Å². The van der Waals surface area contributed by atoms with E-state index in [1.165, 1.54) is 18.4 Å². The van der Waals surface area contributed by atoms with Gasteiger partial charge < -0.3 is 24.7 Å². The van der Waals surface area contributed by atoms with Gasteiger partial charge in [-0.2, -0.15) is 0 Å². The van der Waals surface area contributed by atoms with Gasteiger partial charge in [0, 0.05) is 28.2 Å². The van der Waals surface area contributed by atoms with Crippen LogP contribution in [0.5, 0.6) is 5.75 Å². The number of aromatic nitrogens is 1. The summed E-state index contributed by atoms with van der Waals surface area (Å²) in [6.45, 7) is 0.663. The Morgan fingerprint density at radius 1 is 1.17 bits per heavy atom. The van der Waals surface area contributed by atoms with Crippen molar-refractivity contribution in [2.75, 3.05) is 26.4 Å². The molecule has 0 saturated heterocycles. The van der Waals surface area contributed by atoms with Crippen LogP contribution < -0.4 is 4.74 Å². The summed E-state index contributed by atoms with van der Waals surface area (Å²) in [4.78, 5) is 18.6. The number of aliphatic hydroxyl groups excluding tert-OH is 2. The molecule has 3 N–H and O–H groups in total. The normalized spacial score (nSPS) is 19.1. The fourth-order valence-corrected chi connectivity index (χ4v) is 5.42. The van der Waals surface area contributed by atoms with Crippen LogP contribution in [0.25, 0.3) is 10.9 Å². The lowest BCUT2D eigenvalue weighted by atomic mass is 9.92. The number of aromatic amines is 1. The molecule has 0 radical (unpaired) electrons. The number of carbonyl (C=O) groups excluding carboxylic acids is 1. The summed E-state index contributed by atoms with van der Waals surface area (Å²) in [5.74, 6) is 1.04. The van der Waals surface area contributed by atoms with E-state index in [2.05, 4.69) is 4.98 Å². The van der Waals surface area contributed by atoms with Gasteiger partial charge >= 0.3 is 6.09 Å². The van der Waals surface area contributed by atoms with Crippen molar-refractivity contribution in [1.82, 2.24) is 9.88 Å². The first kappa shape index (κ1) is 24.0. The van der Waals surface area contributed by atoms with Gasteiger partial charge in [-0.15, -0.1) is 0 Å². The molecule has 7 nitrogen and oxygen atoms in total. The molecule has 5 rings (SSSR count). The van der Waals surface area contributed by atoms with Crippen molar-refractivity contribution in [3.8, 4) is 5.75 Å². The Bertz CT molecular complexity index is 1170. The first-order valence-corrected chi connectivity index (χ1v) is 12.7. The summed E-state index contributed by atoms with van der Waals surface area (Å²) >= 11 is 6.29. The van der Waals surface area contributed by atoms with Crippen molar-refractivity contribution < 1.29 is 24.5 Å². The van der Waals surface area contributed by atoms with Crippen molar-refractivity contribution in [2.24, 2.45) is 5.92 Å². The molecule has 0 spiro atoms. The number of hydrogen-bond acceptors (Lipinski definition) is 5. The third-order valence-corrected chi connectivity index (χ3v) is 7.32. The fraction of sp³-hybridized carbons (Fsp3) is 0.444. The second kappa shape index (κ2) is 10.5. The van der Waals surface area contributed by atoms with Gasteiger partial charge in [-0.25, -0.2) is 4.79 Å². The zero-order valence-electron chi connectivity index (χ0n) is 19.6. The highest BCUT2D eigenvalue weighted by Gasteiger charge is 2.36. The zero-order chi connectivity index (χ0) is 24.4. The molecule has 1 aliphatic carbocycles. The molecule has 0 unspecified atom stereocenters. The third-order valence-electron chi connectivity index (χ3n) is 7.09. The van der Waals surface area contributed by atoms with E-state index in [-0.39, 0.29) is 25.3 Å². The molecular weight excluding hydrogens is 468 g/mol. The molecule has 35 heavy (non-hydrogen) atoms. The Labute approximate surface area is 209 Å². The lowest BCUT2D eigenvalue weighted by Crippen LogP contribution is -2.41. The summed E-state index contributed by atoms with van der Waals surface area (Å²) in [7, 11) is 0. The number of amides is 1. The largest absolute Gasteiger partial charge is 0.491 e. The first-order chi connectivity index (χ1) is 17.0. The highest BCUT2D eigenvalue weighted by molar-refractivity contribution is 6.31. The summed E-state index contributed by atoms with van der Waals surface area (Å²) in [5, 5.41) is 20.3. The van der Waals surface area contributed by atoms with Crippen molar-refractivity contribution in [3.63, 3.8) is 0 Å². The molecule has 1 fully saturated rings. The Morgan fingerprint density at radius 3 is 2.69 bits per heavy atom. The number of aliphatic hydroxyl groups is 2. The topological polar surface area (TPSA) is 95.0 Å². The number of ether oxygens (including phenoxy) is 2.